The molecule has 3 heterocycles. The fraction of sp³-hybridized carbons (Fsp3) is 0.200. The maximum Gasteiger partial charge on any atom is 0.337 e. The third-order valence-corrected chi connectivity index (χ3v) is 4.83. The van der Waals surface area contributed by atoms with Crippen molar-refractivity contribution in [3.8, 4) is 11.4 Å². The zero-order valence-electron chi connectivity index (χ0n) is 11.4. The van der Waals surface area contributed by atoms with Crippen LogP contribution in [0, 0.1) is 0 Å². The lowest BCUT2D eigenvalue weighted by atomic mass is 10.1. The van der Waals surface area contributed by atoms with Crippen molar-refractivity contribution in [2.24, 2.45) is 0 Å². The molecule has 0 saturated heterocycles. The molecular weight excluding hydrogens is 286 g/mol. The number of benzene rings is 1. The number of carbonyl (C=O) groups is 1. The van der Waals surface area contributed by atoms with Gasteiger partial charge in [-0.3, -0.25) is 5.10 Å². The summed E-state index contributed by atoms with van der Waals surface area (Å²) < 4.78 is 4.75. The first kappa shape index (κ1) is 12.5. The molecule has 0 saturated carbocycles. The lowest BCUT2D eigenvalue weighted by molar-refractivity contribution is 0.0601. The number of aromatic amines is 2. The second-order valence-electron chi connectivity index (χ2n) is 4.95. The molecule has 2 N–H and O–H groups in total. The number of esters is 1. The second kappa shape index (κ2) is 4.66. The summed E-state index contributed by atoms with van der Waals surface area (Å²) in [7, 11) is 1.39. The first-order valence-corrected chi connectivity index (χ1v) is 7.66. The monoisotopic (exact) mass is 299 g/mol. The maximum absolute atomic E-state index is 11.6. The van der Waals surface area contributed by atoms with E-state index in [1.165, 1.54) is 17.7 Å². The number of aromatic nitrogens is 3. The van der Waals surface area contributed by atoms with Crippen molar-refractivity contribution in [2.75, 3.05) is 12.9 Å². The minimum Gasteiger partial charge on any atom is -0.465 e. The van der Waals surface area contributed by atoms with E-state index >= 15 is 0 Å². The van der Waals surface area contributed by atoms with Crippen molar-refractivity contribution in [3.05, 3.63) is 35.5 Å². The zero-order chi connectivity index (χ0) is 14.4. The summed E-state index contributed by atoms with van der Waals surface area (Å²) in [4.78, 5) is 16.2. The summed E-state index contributed by atoms with van der Waals surface area (Å²) in [6.07, 6.45) is 1.04. The van der Waals surface area contributed by atoms with Gasteiger partial charge in [0.15, 0.2) is 0 Å². The van der Waals surface area contributed by atoms with Crippen LogP contribution >= 0.6 is 11.8 Å². The minimum absolute atomic E-state index is 0.329. The van der Waals surface area contributed by atoms with Gasteiger partial charge in [-0.25, -0.2) is 4.79 Å². The van der Waals surface area contributed by atoms with Gasteiger partial charge in [-0.15, -0.1) is 11.8 Å². The molecule has 0 aliphatic carbocycles. The lowest BCUT2D eigenvalue weighted by Gasteiger charge is -1.98. The molecule has 1 aromatic carbocycles. The van der Waals surface area contributed by atoms with Gasteiger partial charge in [-0.2, -0.15) is 5.10 Å². The van der Waals surface area contributed by atoms with E-state index in [1.54, 1.807) is 6.07 Å². The molecule has 21 heavy (non-hydrogen) atoms. The topological polar surface area (TPSA) is 70.8 Å². The van der Waals surface area contributed by atoms with E-state index in [0.29, 0.717) is 5.56 Å². The van der Waals surface area contributed by atoms with E-state index in [1.807, 2.05) is 23.9 Å². The van der Waals surface area contributed by atoms with Crippen molar-refractivity contribution >= 4 is 28.6 Å². The summed E-state index contributed by atoms with van der Waals surface area (Å²) in [5, 5.41) is 8.56. The second-order valence-corrected chi connectivity index (χ2v) is 6.06. The molecule has 106 valence electrons. The highest BCUT2D eigenvalue weighted by molar-refractivity contribution is 7.99. The highest BCUT2D eigenvalue weighted by Gasteiger charge is 2.21. The van der Waals surface area contributed by atoms with Gasteiger partial charge >= 0.3 is 5.97 Å². The van der Waals surface area contributed by atoms with Crippen LogP contribution in [0.3, 0.4) is 0 Å². The van der Waals surface area contributed by atoms with Crippen LogP contribution in [0.15, 0.2) is 29.2 Å². The van der Waals surface area contributed by atoms with Crippen molar-refractivity contribution in [1.82, 2.24) is 15.2 Å². The number of carbonyl (C=O) groups excluding carboxylic acids is 1. The smallest absolute Gasteiger partial charge is 0.337 e. The fourth-order valence-electron chi connectivity index (χ4n) is 2.63. The van der Waals surface area contributed by atoms with Crippen LogP contribution in [0.2, 0.25) is 0 Å². The number of methoxy groups -OCH3 is 1. The van der Waals surface area contributed by atoms with Gasteiger partial charge < -0.3 is 9.72 Å². The van der Waals surface area contributed by atoms with E-state index < -0.39 is 0 Å². The predicted octanol–water partition coefficient (Wildman–Crippen LogP) is 2.99. The summed E-state index contributed by atoms with van der Waals surface area (Å²) in [5.74, 6) is 0.771. The average Bonchev–Trinajstić information content (AvgIpc) is 3.19. The van der Waals surface area contributed by atoms with Crippen molar-refractivity contribution < 1.29 is 9.53 Å². The van der Waals surface area contributed by atoms with Gasteiger partial charge in [0.1, 0.15) is 5.69 Å². The highest BCUT2D eigenvalue weighted by Crippen LogP contribution is 2.38. The number of aryl methyl sites for hydroxylation is 1. The van der Waals surface area contributed by atoms with Gasteiger partial charge in [-0.1, -0.05) is 6.07 Å². The molecule has 5 nitrogen and oxygen atoms in total. The van der Waals surface area contributed by atoms with Crippen molar-refractivity contribution in [2.45, 2.75) is 11.3 Å². The summed E-state index contributed by atoms with van der Waals surface area (Å²) in [5.41, 5.74) is 4.60. The van der Waals surface area contributed by atoms with Gasteiger partial charge in [0.25, 0.3) is 0 Å². The number of hydrogen-bond donors (Lipinski definition) is 2. The molecule has 1 aliphatic heterocycles. The first-order chi connectivity index (χ1) is 10.3. The molecular formula is C15H13N3O2S. The molecule has 0 bridgehead atoms. The Morgan fingerprint density at radius 1 is 1.38 bits per heavy atom. The van der Waals surface area contributed by atoms with E-state index in [2.05, 4.69) is 21.2 Å². The Hall–Kier alpha value is -2.21. The molecule has 0 fully saturated rings. The van der Waals surface area contributed by atoms with E-state index in [9.17, 15) is 4.79 Å². The third kappa shape index (κ3) is 1.94. The Bertz CT molecular complexity index is 850. The van der Waals surface area contributed by atoms with Gasteiger partial charge in [0.05, 0.1) is 29.0 Å². The Balaban J connectivity index is 1.81. The number of nitrogens with one attached hydrogen (secondary N) is 2. The molecule has 2 aromatic heterocycles. The minimum atomic E-state index is -0.329. The number of nitrogens with zero attached hydrogens (tertiary/aromatic N) is 1. The van der Waals surface area contributed by atoms with Gasteiger partial charge in [-0.05, 0) is 24.6 Å². The Morgan fingerprint density at radius 3 is 3.14 bits per heavy atom. The average molecular weight is 299 g/mol. The quantitative estimate of drug-likeness (QED) is 0.714. The molecule has 0 unspecified atom stereocenters. The first-order valence-electron chi connectivity index (χ1n) is 6.68. The summed E-state index contributed by atoms with van der Waals surface area (Å²) in [6.45, 7) is 0. The Kier molecular flexibility index (Phi) is 2.78. The number of hydrogen-bond acceptors (Lipinski definition) is 4. The molecule has 1 aliphatic rings. The van der Waals surface area contributed by atoms with Crippen molar-refractivity contribution in [1.29, 1.82) is 0 Å². The lowest BCUT2D eigenvalue weighted by Crippen LogP contribution is -2.00. The number of ether oxygens (including phenoxy) is 1. The van der Waals surface area contributed by atoms with Crippen LogP contribution < -0.4 is 0 Å². The number of rotatable bonds is 2. The Labute approximate surface area is 125 Å². The van der Waals surface area contributed by atoms with Gasteiger partial charge in [0.2, 0.25) is 0 Å². The normalized spacial score (nSPS) is 13.6. The number of thioether (sulfide) groups is 1. The van der Waals surface area contributed by atoms with Crippen LogP contribution in [0.4, 0.5) is 0 Å². The molecule has 0 spiro atoms. The van der Waals surface area contributed by atoms with E-state index in [4.69, 9.17) is 4.74 Å². The van der Waals surface area contributed by atoms with E-state index in [-0.39, 0.29) is 5.97 Å². The van der Waals surface area contributed by atoms with Crippen LogP contribution in [-0.4, -0.2) is 34.0 Å². The largest absolute Gasteiger partial charge is 0.465 e. The van der Waals surface area contributed by atoms with Gasteiger partial charge in [0, 0.05) is 16.7 Å². The summed E-state index contributed by atoms with van der Waals surface area (Å²) in [6, 6.07) is 7.56. The maximum atomic E-state index is 11.6. The number of H-pyrrole nitrogens is 2. The van der Waals surface area contributed by atoms with Crippen LogP contribution in [0.25, 0.3) is 22.3 Å². The van der Waals surface area contributed by atoms with Crippen LogP contribution in [-0.2, 0) is 11.2 Å². The highest BCUT2D eigenvalue weighted by atomic mass is 32.2. The molecule has 3 aromatic rings. The molecule has 0 atom stereocenters. The van der Waals surface area contributed by atoms with E-state index in [0.717, 1.165) is 34.5 Å². The zero-order valence-corrected chi connectivity index (χ0v) is 12.2. The molecule has 0 amide bonds. The predicted molar refractivity (Wildman–Crippen MR) is 81.6 cm³/mol. The number of fused-ring (bicyclic) bond motifs is 2. The molecule has 0 radical (unpaired) electrons. The molecule has 4 rings (SSSR count). The van der Waals surface area contributed by atoms with Crippen LogP contribution in [0.1, 0.15) is 16.1 Å². The van der Waals surface area contributed by atoms with Crippen molar-refractivity contribution in [3.63, 3.8) is 0 Å². The molecule has 6 heteroatoms. The fourth-order valence-corrected chi connectivity index (χ4v) is 3.75. The third-order valence-electron chi connectivity index (χ3n) is 3.69. The SMILES string of the molecule is COC(=O)c1ccc2cc(-c3n[nH]c4c3SCC4)[nH]c2c1. The van der Waals surface area contributed by atoms with Crippen LogP contribution in [0.5, 0.6) is 0 Å². The standard InChI is InChI=1S/C15H13N3O2S/c1-20-15(19)9-3-2-8-6-12(16-11(8)7-9)13-14-10(17-18-13)4-5-21-14/h2-3,6-7,16H,4-5H2,1H3,(H,17,18). The summed E-state index contributed by atoms with van der Waals surface area (Å²) >= 11 is 1.83. The Morgan fingerprint density at radius 2 is 2.29 bits per heavy atom.